The first-order valence-corrected chi connectivity index (χ1v) is 8.96. The largest absolute Gasteiger partial charge is 0.399 e. The van der Waals surface area contributed by atoms with Crippen LogP contribution in [0.3, 0.4) is 0 Å². The van der Waals surface area contributed by atoms with Gasteiger partial charge in [-0.2, -0.15) is 8.42 Å². The van der Waals surface area contributed by atoms with Crippen LogP contribution in [0.15, 0.2) is 0 Å². The van der Waals surface area contributed by atoms with E-state index in [1.165, 1.54) is 38.5 Å². The third-order valence-corrected chi connectivity index (χ3v) is 3.31. The molecule has 124 valence electrons. The molecule has 0 unspecified atom stereocenters. The van der Waals surface area contributed by atoms with Gasteiger partial charge in [0.05, 0.1) is 13.2 Å². The van der Waals surface area contributed by atoms with Crippen molar-refractivity contribution in [2.45, 2.75) is 66.2 Å². The number of unbranched alkanes of at least 4 members (excludes halogenated alkanes) is 5. The normalized spacial score (nSPS) is 11.3. The maximum absolute atomic E-state index is 10.7. The fourth-order valence-electron chi connectivity index (χ4n) is 1.32. The van der Waals surface area contributed by atoms with Crippen molar-refractivity contribution in [1.82, 2.24) is 0 Å². The zero-order valence-corrected chi connectivity index (χ0v) is 14.4. The summed E-state index contributed by atoms with van der Waals surface area (Å²) in [7, 11) is -3.73. The predicted octanol–water partition coefficient (Wildman–Crippen LogP) is 3.25. The number of hydrogen-bond acceptors (Lipinski definition) is 5. The highest BCUT2D eigenvalue weighted by atomic mass is 32.3. The average Bonchev–Trinajstić information content (AvgIpc) is 2.37. The van der Waals surface area contributed by atoms with Crippen LogP contribution < -0.4 is 5.73 Å². The van der Waals surface area contributed by atoms with Gasteiger partial charge in [-0.15, -0.1) is 0 Å². The van der Waals surface area contributed by atoms with Gasteiger partial charge in [0.2, 0.25) is 0 Å². The SMILES string of the molecule is CCCCCCCCN.CCOS(=O)(=O)OCC(C)C. The van der Waals surface area contributed by atoms with Crippen LogP contribution in [0.5, 0.6) is 0 Å². The summed E-state index contributed by atoms with van der Waals surface area (Å²) in [6.45, 7) is 8.71. The van der Waals surface area contributed by atoms with E-state index in [0.29, 0.717) is 0 Å². The predicted molar refractivity (Wildman–Crippen MR) is 83.8 cm³/mol. The first-order chi connectivity index (χ1) is 9.39. The first-order valence-electron chi connectivity index (χ1n) is 7.63. The summed E-state index contributed by atoms with van der Waals surface area (Å²) in [5, 5.41) is 0. The molecule has 0 radical (unpaired) electrons. The van der Waals surface area contributed by atoms with Gasteiger partial charge in [0, 0.05) is 0 Å². The second-order valence-electron chi connectivity index (χ2n) is 5.05. The molecule has 0 bridgehead atoms. The molecular formula is C14H33NO4S. The van der Waals surface area contributed by atoms with Gasteiger partial charge in [0.15, 0.2) is 0 Å². The monoisotopic (exact) mass is 311 g/mol. The van der Waals surface area contributed by atoms with Crippen LogP contribution in [0.4, 0.5) is 0 Å². The molecule has 6 heteroatoms. The van der Waals surface area contributed by atoms with E-state index in [0.717, 1.165) is 6.54 Å². The third kappa shape index (κ3) is 20.2. The molecule has 0 aromatic carbocycles. The minimum absolute atomic E-state index is 0.112. The molecule has 0 spiro atoms. The summed E-state index contributed by atoms with van der Waals surface area (Å²) in [6, 6.07) is 0. The van der Waals surface area contributed by atoms with Crippen molar-refractivity contribution in [2.75, 3.05) is 19.8 Å². The van der Waals surface area contributed by atoms with Crippen molar-refractivity contribution in [3.63, 3.8) is 0 Å². The molecule has 0 aromatic rings. The molecular weight excluding hydrogens is 278 g/mol. The van der Waals surface area contributed by atoms with Crippen molar-refractivity contribution in [3.8, 4) is 0 Å². The van der Waals surface area contributed by atoms with E-state index in [2.05, 4.69) is 15.3 Å². The Morgan fingerprint density at radius 2 is 1.50 bits per heavy atom. The van der Waals surface area contributed by atoms with E-state index in [-0.39, 0.29) is 19.1 Å². The highest BCUT2D eigenvalue weighted by Gasteiger charge is 2.10. The summed E-state index contributed by atoms with van der Waals surface area (Å²) < 4.78 is 30.2. The van der Waals surface area contributed by atoms with E-state index in [1.807, 2.05) is 13.8 Å². The molecule has 0 aromatic heterocycles. The standard InChI is InChI=1S/C8H19N.C6H14O4S/c1-2-3-4-5-6-7-8-9;1-4-9-11(7,8)10-5-6(2)3/h2-9H2,1H3;6H,4-5H2,1-3H3. The molecule has 0 amide bonds. The molecule has 0 aliphatic rings. The topological polar surface area (TPSA) is 78.6 Å². The van der Waals surface area contributed by atoms with Crippen molar-refractivity contribution < 1.29 is 16.8 Å². The smallest absolute Gasteiger partial charge is 0.330 e. The Kier molecular flexibility index (Phi) is 16.8. The number of rotatable bonds is 11. The van der Waals surface area contributed by atoms with Gasteiger partial charge in [-0.05, 0) is 25.8 Å². The molecule has 20 heavy (non-hydrogen) atoms. The Bertz CT molecular complexity index is 273. The van der Waals surface area contributed by atoms with E-state index >= 15 is 0 Å². The average molecular weight is 311 g/mol. The third-order valence-electron chi connectivity index (χ3n) is 2.37. The minimum atomic E-state index is -3.73. The van der Waals surface area contributed by atoms with Gasteiger partial charge in [-0.1, -0.05) is 52.9 Å². The Labute approximate surface area is 125 Å². The van der Waals surface area contributed by atoms with E-state index in [9.17, 15) is 8.42 Å². The lowest BCUT2D eigenvalue weighted by Gasteiger charge is -2.05. The molecule has 0 saturated heterocycles. The van der Waals surface area contributed by atoms with Gasteiger partial charge in [-0.3, -0.25) is 0 Å². The summed E-state index contributed by atoms with van der Waals surface area (Å²) >= 11 is 0. The van der Waals surface area contributed by atoms with Crippen LogP contribution in [-0.4, -0.2) is 28.2 Å². The quantitative estimate of drug-likeness (QED) is 0.593. The van der Waals surface area contributed by atoms with Crippen molar-refractivity contribution in [1.29, 1.82) is 0 Å². The van der Waals surface area contributed by atoms with Gasteiger partial charge in [0.1, 0.15) is 0 Å². The van der Waals surface area contributed by atoms with Crippen LogP contribution in [0, 0.1) is 5.92 Å². The Hall–Kier alpha value is -0.170. The van der Waals surface area contributed by atoms with Crippen LogP contribution in [0.2, 0.25) is 0 Å². The van der Waals surface area contributed by atoms with Gasteiger partial charge >= 0.3 is 10.4 Å². The van der Waals surface area contributed by atoms with E-state index < -0.39 is 10.4 Å². The first kappa shape index (κ1) is 22.1. The second-order valence-corrected chi connectivity index (χ2v) is 6.34. The maximum atomic E-state index is 10.7. The lowest BCUT2D eigenvalue weighted by atomic mass is 10.1. The number of hydrogen-bond donors (Lipinski definition) is 1. The maximum Gasteiger partial charge on any atom is 0.399 e. The van der Waals surface area contributed by atoms with Crippen LogP contribution in [0.1, 0.15) is 66.2 Å². The Morgan fingerprint density at radius 3 is 1.95 bits per heavy atom. The number of nitrogens with two attached hydrogens (primary N) is 1. The molecule has 0 aliphatic carbocycles. The summed E-state index contributed by atoms with van der Waals surface area (Å²) in [6.07, 6.45) is 8.05. The molecule has 0 saturated carbocycles. The van der Waals surface area contributed by atoms with Crippen molar-refractivity contribution >= 4 is 10.4 Å². The van der Waals surface area contributed by atoms with Gasteiger partial charge < -0.3 is 5.73 Å². The molecule has 0 atom stereocenters. The van der Waals surface area contributed by atoms with Gasteiger partial charge in [0.25, 0.3) is 0 Å². The van der Waals surface area contributed by atoms with E-state index in [4.69, 9.17) is 5.73 Å². The molecule has 0 aliphatic heterocycles. The Morgan fingerprint density at radius 1 is 0.950 bits per heavy atom. The lowest BCUT2D eigenvalue weighted by molar-refractivity contribution is 0.203. The lowest BCUT2D eigenvalue weighted by Crippen LogP contribution is -2.13. The van der Waals surface area contributed by atoms with Crippen molar-refractivity contribution in [3.05, 3.63) is 0 Å². The van der Waals surface area contributed by atoms with Crippen LogP contribution in [0.25, 0.3) is 0 Å². The van der Waals surface area contributed by atoms with Crippen LogP contribution in [-0.2, 0) is 18.8 Å². The summed E-state index contributed by atoms with van der Waals surface area (Å²) in [4.78, 5) is 0. The zero-order valence-electron chi connectivity index (χ0n) is 13.6. The van der Waals surface area contributed by atoms with Gasteiger partial charge in [-0.25, -0.2) is 8.37 Å². The second kappa shape index (κ2) is 15.2. The zero-order chi connectivity index (χ0) is 15.9. The van der Waals surface area contributed by atoms with Crippen LogP contribution >= 0.6 is 0 Å². The van der Waals surface area contributed by atoms with E-state index in [1.54, 1.807) is 6.92 Å². The fourth-order valence-corrected chi connectivity index (χ4v) is 2.12. The highest BCUT2D eigenvalue weighted by Crippen LogP contribution is 2.03. The summed E-state index contributed by atoms with van der Waals surface area (Å²) in [5.74, 6) is 0.185. The molecule has 0 heterocycles. The fraction of sp³-hybridized carbons (Fsp3) is 1.00. The highest BCUT2D eigenvalue weighted by molar-refractivity contribution is 7.81. The minimum Gasteiger partial charge on any atom is -0.330 e. The van der Waals surface area contributed by atoms with Crippen molar-refractivity contribution in [2.24, 2.45) is 11.7 Å². The molecule has 5 nitrogen and oxygen atoms in total. The Balaban J connectivity index is 0. The molecule has 2 N–H and O–H groups in total. The molecule has 0 rings (SSSR count). The summed E-state index contributed by atoms with van der Waals surface area (Å²) in [5.41, 5.74) is 5.34. The molecule has 0 fully saturated rings.